The van der Waals surface area contributed by atoms with Gasteiger partial charge in [0.05, 0.1) is 36.1 Å². The van der Waals surface area contributed by atoms with E-state index in [1.165, 1.54) is 29.3 Å². The normalized spacial score (nSPS) is 21.3. The van der Waals surface area contributed by atoms with E-state index < -0.39 is 23.5 Å². The minimum Gasteiger partial charge on any atom is -0.507 e. The molecule has 2 saturated heterocycles. The van der Waals surface area contributed by atoms with Gasteiger partial charge in [0, 0.05) is 32.4 Å². The van der Waals surface area contributed by atoms with Gasteiger partial charge in [-0.2, -0.15) is 0 Å². The molecule has 0 radical (unpaired) electrons. The number of aryl methyl sites for hydroxylation is 2. The highest BCUT2D eigenvalue weighted by atomic mass is 19.1. The van der Waals surface area contributed by atoms with Crippen molar-refractivity contribution in [1.29, 1.82) is 0 Å². The molecule has 2 fully saturated rings. The molecule has 0 bridgehead atoms. The molecule has 1 aromatic carbocycles. The molecular formula is C23H25FN4O4. The highest BCUT2D eigenvalue weighted by molar-refractivity contribution is 6.46. The smallest absolute Gasteiger partial charge is 0.295 e. The van der Waals surface area contributed by atoms with Gasteiger partial charge in [-0.05, 0) is 31.5 Å². The number of aliphatic hydroxyl groups excluding tert-OH is 1. The van der Waals surface area contributed by atoms with Crippen molar-refractivity contribution in [3.63, 3.8) is 0 Å². The number of amides is 1. The van der Waals surface area contributed by atoms with Crippen LogP contribution in [0.5, 0.6) is 0 Å². The minimum atomic E-state index is -0.910. The van der Waals surface area contributed by atoms with Crippen molar-refractivity contribution < 1.29 is 23.8 Å². The Morgan fingerprint density at radius 1 is 1.22 bits per heavy atom. The molecule has 1 aromatic heterocycles. The summed E-state index contributed by atoms with van der Waals surface area (Å²) < 4.78 is 19.4. The van der Waals surface area contributed by atoms with Gasteiger partial charge in [-0.3, -0.25) is 14.5 Å². The first kappa shape index (κ1) is 22.0. The van der Waals surface area contributed by atoms with Crippen LogP contribution >= 0.6 is 0 Å². The van der Waals surface area contributed by atoms with Gasteiger partial charge in [0.2, 0.25) is 0 Å². The molecule has 32 heavy (non-hydrogen) atoms. The van der Waals surface area contributed by atoms with Crippen molar-refractivity contribution in [1.82, 2.24) is 19.8 Å². The van der Waals surface area contributed by atoms with E-state index in [2.05, 4.69) is 14.9 Å². The summed E-state index contributed by atoms with van der Waals surface area (Å²) in [6.07, 6.45) is 1.43. The zero-order chi connectivity index (χ0) is 22.8. The predicted molar refractivity (Wildman–Crippen MR) is 114 cm³/mol. The number of halogens is 1. The average molecular weight is 440 g/mol. The van der Waals surface area contributed by atoms with Gasteiger partial charge in [-0.25, -0.2) is 14.4 Å². The summed E-state index contributed by atoms with van der Waals surface area (Å²) in [5, 5.41) is 11.1. The van der Waals surface area contributed by atoms with E-state index in [9.17, 15) is 19.1 Å². The summed E-state index contributed by atoms with van der Waals surface area (Å²) in [4.78, 5) is 37.9. The van der Waals surface area contributed by atoms with Gasteiger partial charge in [0.15, 0.2) is 0 Å². The lowest BCUT2D eigenvalue weighted by Crippen LogP contribution is -2.42. The first-order chi connectivity index (χ1) is 15.4. The van der Waals surface area contributed by atoms with Crippen LogP contribution in [-0.4, -0.2) is 76.0 Å². The Bertz CT molecular complexity index is 1080. The van der Waals surface area contributed by atoms with Crippen LogP contribution < -0.4 is 0 Å². The van der Waals surface area contributed by atoms with Crippen LogP contribution in [0.2, 0.25) is 0 Å². The molecule has 168 valence electrons. The fourth-order valence-corrected chi connectivity index (χ4v) is 4.17. The van der Waals surface area contributed by atoms with Gasteiger partial charge in [0.25, 0.3) is 11.7 Å². The van der Waals surface area contributed by atoms with Gasteiger partial charge >= 0.3 is 0 Å². The summed E-state index contributed by atoms with van der Waals surface area (Å²) in [6, 6.07) is 4.83. The molecule has 1 atom stereocenters. The lowest BCUT2D eigenvalue weighted by atomic mass is 9.95. The second-order valence-corrected chi connectivity index (χ2v) is 7.92. The van der Waals surface area contributed by atoms with Crippen molar-refractivity contribution in [2.24, 2.45) is 0 Å². The van der Waals surface area contributed by atoms with Gasteiger partial charge < -0.3 is 14.7 Å². The third-order valence-electron chi connectivity index (χ3n) is 5.82. The second-order valence-electron chi connectivity index (χ2n) is 7.92. The van der Waals surface area contributed by atoms with E-state index in [1.807, 2.05) is 0 Å². The fraction of sp³-hybridized carbons (Fsp3) is 0.391. The van der Waals surface area contributed by atoms with Crippen LogP contribution in [0.4, 0.5) is 4.39 Å². The zero-order valence-electron chi connectivity index (χ0n) is 18.0. The predicted octanol–water partition coefficient (Wildman–Crippen LogP) is 1.99. The summed E-state index contributed by atoms with van der Waals surface area (Å²) in [6.45, 7) is 6.88. The summed E-state index contributed by atoms with van der Waals surface area (Å²) in [7, 11) is 0. The first-order valence-corrected chi connectivity index (χ1v) is 10.5. The van der Waals surface area contributed by atoms with Crippen molar-refractivity contribution in [3.8, 4) is 0 Å². The number of morpholine rings is 1. The number of ether oxygens (including phenoxy) is 1. The van der Waals surface area contributed by atoms with Crippen molar-refractivity contribution in [3.05, 3.63) is 64.5 Å². The molecule has 0 saturated carbocycles. The van der Waals surface area contributed by atoms with Crippen molar-refractivity contribution >= 4 is 17.4 Å². The molecule has 4 rings (SSSR count). The van der Waals surface area contributed by atoms with Gasteiger partial charge in [-0.15, -0.1) is 0 Å². The van der Waals surface area contributed by atoms with E-state index in [0.29, 0.717) is 36.8 Å². The van der Waals surface area contributed by atoms with E-state index in [-0.39, 0.29) is 23.4 Å². The van der Waals surface area contributed by atoms with Crippen LogP contribution in [0.3, 0.4) is 0 Å². The Labute approximate surface area is 185 Å². The Morgan fingerprint density at radius 2 is 1.97 bits per heavy atom. The van der Waals surface area contributed by atoms with Gasteiger partial charge in [0.1, 0.15) is 17.4 Å². The summed E-state index contributed by atoms with van der Waals surface area (Å²) in [5.74, 6) is -1.86. The molecule has 3 heterocycles. The number of likely N-dealkylation sites (tertiary alicyclic amines) is 1. The molecule has 1 amide bonds. The van der Waals surface area contributed by atoms with Crippen LogP contribution in [0.25, 0.3) is 5.76 Å². The number of carbonyl (C=O) groups is 2. The molecule has 2 aromatic rings. The number of Topliss-reactive ketones (excluding diaryl/α,β-unsaturated/α-hetero) is 1. The van der Waals surface area contributed by atoms with Crippen LogP contribution in [0.15, 0.2) is 36.0 Å². The maximum atomic E-state index is 14.1. The van der Waals surface area contributed by atoms with E-state index in [1.54, 1.807) is 19.9 Å². The highest BCUT2D eigenvalue weighted by Crippen LogP contribution is 2.39. The van der Waals surface area contributed by atoms with E-state index in [0.717, 1.165) is 13.1 Å². The second kappa shape index (κ2) is 9.13. The molecule has 8 nitrogen and oxygen atoms in total. The highest BCUT2D eigenvalue weighted by Gasteiger charge is 2.46. The summed E-state index contributed by atoms with van der Waals surface area (Å²) in [5.41, 5.74) is 1.08. The van der Waals surface area contributed by atoms with E-state index in [4.69, 9.17) is 4.74 Å². The standard InChI is InChI=1S/C23H25FN4O4/c1-14-18(13-25-15(2)26-14)21(29)19-20(16-4-3-5-17(24)12-16)28(23(31)22(19)30)7-6-27-8-10-32-11-9-27/h3-5,12-13,20,29H,6-11H2,1-2H3/t20-/m0/s1. The molecule has 1 N–H and O–H groups in total. The molecule has 0 spiro atoms. The number of hydrogen-bond donors (Lipinski definition) is 1. The summed E-state index contributed by atoms with van der Waals surface area (Å²) >= 11 is 0. The molecule has 2 aliphatic rings. The maximum Gasteiger partial charge on any atom is 0.295 e. The number of hydrogen-bond acceptors (Lipinski definition) is 7. The third-order valence-corrected chi connectivity index (χ3v) is 5.82. The number of benzene rings is 1. The Morgan fingerprint density at radius 3 is 2.66 bits per heavy atom. The number of ketones is 1. The largest absolute Gasteiger partial charge is 0.507 e. The van der Waals surface area contributed by atoms with Crippen LogP contribution in [0.1, 0.15) is 28.7 Å². The average Bonchev–Trinajstić information content (AvgIpc) is 3.03. The lowest BCUT2D eigenvalue weighted by molar-refractivity contribution is -0.140. The molecule has 0 aliphatic carbocycles. The monoisotopic (exact) mass is 440 g/mol. The fourth-order valence-electron chi connectivity index (χ4n) is 4.17. The molecule has 2 aliphatic heterocycles. The third kappa shape index (κ3) is 4.26. The quantitative estimate of drug-likeness (QED) is 0.432. The van der Waals surface area contributed by atoms with Crippen LogP contribution in [-0.2, 0) is 14.3 Å². The Balaban J connectivity index is 1.77. The maximum absolute atomic E-state index is 14.1. The number of aliphatic hydroxyl groups is 1. The minimum absolute atomic E-state index is 0.0851. The molecular weight excluding hydrogens is 415 g/mol. The number of nitrogens with zero attached hydrogens (tertiary/aromatic N) is 4. The van der Waals surface area contributed by atoms with Gasteiger partial charge in [-0.1, -0.05) is 12.1 Å². The lowest BCUT2D eigenvalue weighted by Gasteiger charge is -2.31. The SMILES string of the molecule is Cc1ncc(C(O)=C2C(=O)C(=O)N(CCN3CCOCC3)[C@H]2c2cccc(F)c2)c(C)n1. The number of rotatable bonds is 5. The van der Waals surface area contributed by atoms with Crippen molar-refractivity contribution in [2.45, 2.75) is 19.9 Å². The van der Waals surface area contributed by atoms with Crippen LogP contribution in [0, 0.1) is 19.7 Å². The first-order valence-electron chi connectivity index (χ1n) is 10.5. The molecule has 9 heteroatoms. The molecule has 0 unspecified atom stereocenters. The Kier molecular flexibility index (Phi) is 6.29. The topological polar surface area (TPSA) is 95.9 Å². The zero-order valence-corrected chi connectivity index (χ0v) is 18.0. The Hall–Kier alpha value is -3.17. The number of carbonyl (C=O) groups excluding carboxylic acids is 2. The van der Waals surface area contributed by atoms with E-state index >= 15 is 0 Å². The van der Waals surface area contributed by atoms with Crippen molar-refractivity contribution in [2.75, 3.05) is 39.4 Å². The number of aromatic nitrogens is 2.